The van der Waals surface area contributed by atoms with Gasteiger partial charge in [-0.3, -0.25) is 0 Å². The van der Waals surface area contributed by atoms with Crippen molar-refractivity contribution in [2.45, 2.75) is 25.3 Å². The van der Waals surface area contributed by atoms with Gasteiger partial charge in [0.2, 0.25) is 10.0 Å². The van der Waals surface area contributed by atoms with E-state index < -0.39 is 10.0 Å². The molecule has 2 N–H and O–H groups in total. The van der Waals surface area contributed by atoms with E-state index in [1.54, 1.807) is 12.1 Å². The van der Waals surface area contributed by atoms with Crippen LogP contribution in [-0.2, 0) is 16.6 Å². The Labute approximate surface area is 121 Å². The van der Waals surface area contributed by atoms with Crippen molar-refractivity contribution in [3.8, 4) is 0 Å². The van der Waals surface area contributed by atoms with Gasteiger partial charge < -0.3 is 10.4 Å². The van der Waals surface area contributed by atoms with Crippen molar-refractivity contribution in [1.82, 2.24) is 9.62 Å². The van der Waals surface area contributed by atoms with Gasteiger partial charge in [0.25, 0.3) is 0 Å². The van der Waals surface area contributed by atoms with Crippen LogP contribution in [0.3, 0.4) is 0 Å². The molecular formula is C14H24N2O3S. The Hall–Kier alpha value is -0.950. The van der Waals surface area contributed by atoms with E-state index in [1.807, 2.05) is 12.1 Å². The number of likely N-dealkylation sites (N-methyl/N-ethyl adjacent to an activating group) is 1. The van der Waals surface area contributed by atoms with Gasteiger partial charge in [-0.2, -0.15) is 4.31 Å². The fourth-order valence-electron chi connectivity index (χ4n) is 1.83. The average Bonchev–Trinajstić information content (AvgIpc) is 2.39. The summed E-state index contributed by atoms with van der Waals surface area (Å²) in [5.74, 6) is 0.510. The molecule has 0 unspecified atom stereocenters. The molecule has 0 saturated carbocycles. The predicted molar refractivity (Wildman–Crippen MR) is 79.9 cm³/mol. The van der Waals surface area contributed by atoms with Gasteiger partial charge in [-0.15, -0.1) is 0 Å². The number of nitrogens with one attached hydrogen (secondary N) is 1. The van der Waals surface area contributed by atoms with Crippen molar-refractivity contribution >= 4 is 10.0 Å². The number of benzene rings is 1. The second-order valence-corrected chi connectivity index (χ2v) is 7.20. The summed E-state index contributed by atoms with van der Waals surface area (Å²) in [5.41, 5.74) is 0.748. The Morgan fingerprint density at radius 2 is 1.95 bits per heavy atom. The molecule has 0 aliphatic carbocycles. The van der Waals surface area contributed by atoms with Gasteiger partial charge in [-0.1, -0.05) is 32.0 Å². The van der Waals surface area contributed by atoms with E-state index in [0.717, 1.165) is 12.1 Å². The van der Waals surface area contributed by atoms with Crippen molar-refractivity contribution in [3.63, 3.8) is 0 Å². The lowest BCUT2D eigenvalue weighted by Gasteiger charge is -2.18. The Balaban J connectivity index is 2.94. The molecule has 0 fully saturated rings. The predicted octanol–water partition coefficient (Wildman–Crippen LogP) is 1.04. The maximum Gasteiger partial charge on any atom is 0.243 e. The van der Waals surface area contributed by atoms with Crippen LogP contribution in [-0.4, -0.2) is 44.6 Å². The zero-order valence-corrected chi connectivity index (χ0v) is 13.2. The van der Waals surface area contributed by atoms with Gasteiger partial charge in [0, 0.05) is 20.1 Å². The van der Waals surface area contributed by atoms with Crippen LogP contribution in [0, 0.1) is 5.92 Å². The zero-order valence-electron chi connectivity index (χ0n) is 12.3. The lowest BCUT2D eigenvalue weighted by atomic mass is 10.2. The maximum absolute atomic E-state index is 12.4. The molecule has 0 amide bonds. The number of nitrogens with zero attached hydrogens (tertiary/aromatic N) is 1. The molecule has 20 heavy (non-hydrogen) atoms. The SMILES string of the molecule is CC(C)CNCc1ccccc1S(=O)(=O)N(C)CCO. The summed E-state index contributed by atoms with van der Waals surface area (Å²) in [7, 11) is -2.07. The normalized spacial score (nSPS) is 12.3. The molecule has 6 heteroatoms. The largest absolute Gasteiger partial charge is 0.395 e. The Kier molecular flexibility index (Phi) is 6.61. The van der Waals surface area contributed by atoms with Gasteiger partial charge in [0.1, 0.15) is 0 Å². The minimum atomic E-state index is -3.55. The molecule has 0 aliphatic rings. The third kappa shape index (κ3) is 4.56. The monoisotopic (exact) mass is 300 g/mol. The van der Waals surface area contributed by atoms with Gasteiger partial charge in [-0.05, 0) is 24.1 Å². The molecule has 0 heterocycles. The lowest BCUT2D eigenvalue weighted by Crippen LogP contribution is -2.31. The average molecular weight is 300 g/mol. The molecule has 114 valence electrons. The first kappa shape index (κ1) is 17.1. The molecule has 0 bridgehead atoms. The van der Waals surface area contributed by atoms with E-state index >= 15 is 0 Å². The fraction of sp³-hybridized carbons (Fsp3) is 0.571. The van der Waals surface area contributed by atoms with Crippen molar-refractivity contribution in [2.24, 2.45) is 5.92 Å². The van der Waals surface area contributed by atoms with Gasteiger partial charge in [0.05, 0.1) is 11.5 Å². The van der Waals surface area contributed by atoms with Crippen LogP contribution in [0.15, 0.2) is 29.2 Å². The quantitative estimate of drug-likeness (QED) is 0.753. The maximum atomic E-state index is 12.4. The molecule has 5 nitrogen and oxygen atoms in total. The van der Waals surface area contributed by atoms with Gasteiger partial charge in [0.15, 0.2) is 0 Å². The first-order chi connectivity index (χ1) is 9.39. The number of aliphatic hydroxyl groups excluding tert-OH is 1. The second kappa shape index (κ2) is 7.73. The third-order valence-electron chi connectivity index (χ3n) is 2.94. The first-order valence-electron chi connectivity index (χ1n) is 6.75. The molecular weight excluding hydrogens is 276 g/mol. The van der Waals surface area contributed by atoms with E-state index in [0.29, 0.717) is 17.4 Å². The van der Waals surface area contributed by atoms with Gasteiger partial charge in [-0.25, -0.2) is 8.42 Å². The highest BCUT2D eigenvalue weighted by molar-refractivity contribution is 7.89. The van der Waals surface area contributed by atoms with Crippen molar-refractivity contribution in [1.29, 1.82) is 0 Å². The highest BCUT2D eigenvalue weighted by Gasteiger charge is 2.22. The van der Waals surface area contributed by atoms with Crippen molar-refractivity contribution in [2.75, 3.05) is 26.7 Å². The summed E-state index contributed by atoms with van der Waals surface area (Å²) in [4.78, 5) is 0.298. The Morgan fingerprint density at radius 3 is 2.55 bits per heavy atom. The van der Waals surface area contributed by atoms with Crippen LogP contribution < -0.4 is 5.32 Å². The van der Waals surface area contributed by atoms with Crippen LogP contribution in [0.5, 0.6) is 0 Å². The number of rotatable bonds is 8. The van der Waals surface area contributed by atoms with E-state index in [1.165, 1.54) is 11.4 Å². The highest BCUT2D eigenvalue weighted by atomic mass is 32.2. The van der Waals surface area contributed by atoms with Crippen LogP contribution in [0.25, 0.3) is 0 Å². The summed E-state index contributed by atoms with van der Waals surface area (Å²) >= 11 is 0. The topological polar surface area (TPSA) is 69.6 Å². The van der Waals surface area contributed by atoms with E-state index in [-0.39, 0.29) is 13.2 Å². The molecule has 0 atom stereocenters. The van der Waals surface area contributed by atoms with Crippen LogP contribution >= 0.6 is 0 Å². The fourth-order valence-corrected chi connectivity index (χ4v) is 3.21. The molecule has 1 aromatic carbocycles. The Bertz CT molecular complexity index is 515. The molecule has 0 aromatic heterocycles. The van der Waals surface area contributed by atoms with Crippen LogP contribution in [0.4, 0.5) is 0 Å². The van der Waals surface area contributed by atoms with Gasteiger partial charge >= 0.3 is 0 Å². The van der Waals surface area contributed by atoms with E-state index in [4.69, 9.17) is 5.11 Å². The van der Waals surface area contributed by atoms with Crippen LogP contribution in [0.1, 0.15) is 19.4 Å². The van der Waals surface area contributed by atoms with Crippen LogP contribution in [0.2, 0.25) is 0 Å². The summed E-state index contributed by atoms with van der Waals surface area (Å²) in [6.07, 6.45) is 0. The standard InChI is InChI=1S/C14H24N2O3S/c1-12(2)10-15-11-13-6-4-5-7-14(13)20(18,19)16(3)8-9-17/h4-7,12,15,17H,8-11H2,1-3H3. The number of sulfonamides is 1. The smallest absolute Gasteiger partial charge is 0.243 e. The summed E-state index contributed by atoms with van der Waals surface area (Å²) in [6.45, 7) is 5.45. The Morgan fingerprint density at radius 1 is 1.30 bits per heavy atom. The molecule has 0 saturated heterocycles. The summed E-state index contributed by atoms with van der Waals surface area (Å²) in [6, 6.07) is 6.96. The summed E-state index contributed by atoms with van der Waals surface area (Å²) < 4.78 is 26.0. The van der Waals surface area contributed by atoms with E-state index in [2.05, 4.69) is 19.2 Å². The van der Waals surface area contributed by atoms with E-state index in [9.17, 15) is 8.42 Å². The molecule has 0 spiro atoms. The van der Waals surface area contributed by atoms with Crippen molar-refractivity contribution < 1.29 is 13.5 Å². The number of hydrogen-bond acceptors (Lipinski definition) is 4. The highest BCUT2D eigenvalue weighted by Crippen LogP contribution is 2.19. The molecule has 1 rings (SSSR count). The number of aliphatic hydroxyl groups is 1. The molecule has 0 radical (unpaired) electrons. The molecule has 0 aliphatic heterocycles. The van der Waals surface area contributed by atoms with Crippen molar-refractivity contribution in [3.05, 3.63) is 29.8 Å². The lowest BCUT2D eigenvalue weighted by molar-refractivity contribution is 0.266. The first-order valence-corrected chi connectivity index (χ1v) is 8.19. The minimum absolute atomic E-state index is 0.0933. The molecule has 1 aromatic rings. The second-order valence-electron chi connectivity index (χ2n) is 5.18. The number of hydrogen-bond donors (Lipinski definition) is 2. The third-order valence-corrected chi connectivity index (χ3v) is 4.90. The zero-order chi connectivity index (χ0) is 15.2. The summed E-state index contributed by atoms with van der Waals surface area (Å²) in [5, 5.41) is 12.2. The minimum Gasteiger partial charge on any atom is -0.395 e.